The summed E-state index contributed by atoms with van der Waals surface area (Å²) >= 11 is 0. The second-order valence-electron chi connectivity index (χ2n) is 8.23. The van der Waals surface area contributed by atoms with Gasteiger partial charge in [-0.3, -0.25) is 0 Å². The first kappa shape index (κ1) is 26.6. The maximum Gasteiger partial charge on any atom is 0.103 e. The summed E-state index contributed by atoms with van der Waals surface area (Å²) < 4.78 is 0. The number of rotatable bonds is 21. The maximum atomic E-state index is 9.92. The van der Waals surface area contributed by atoms with Gasteiger partial charge in [-0.1, -0.05) is 116 Å². The fraction of sp³-hybridized carbons (Fsp3) is 0.917. The standard InChI is InChI=1S/C24H48O3/c1-3-5-6-7-8-9-10-11-12-13-14-15-16-17-18-19-20-22(4-2)24(27)23(26)21-25/h4,22-27H,2-3,5-21H2,1H3/t22?,23-,24?/m0/s1. The highest BCUT2D eigenvalue weighted by atomic mass is 16.4. The van der Waals surface area contributed by atoms with Crippen molar-refractivity contribution in [3.05, 3.63) is 12.7 Å². The van der Waals surface area contributed by atoms with Gasteiger partial charge in [0, 0.05) is 5.92 Å². The molecule has 0 saturated carbocycles. The molecule has 3 atom stereocenters. The lowest BCUT2D eigenvalue weighted by atomic mass is 9.92. The highest BCUT2D eigenvalue weighted by molar-refractivity contribution is 4.87. The van der Waals surface area contributed by atoms with E-state index in [9.17, 15) is 10.2 Å². The minimum atomic E-state index is -1.06. The van der Waals surface area contributed by atoms with Crippen LogP contribution in [0.15, 0.2) is 12.7 Å². The quantitative estimate of drug-likeness (QED) is 0.164. The van der Waals surface area contributed by atoms with Gasteiger partial charge in [-0.05, 0) is 6.42 Å². The average molecular weight is 385 g/mol. The van der Waals surface area contributed by atoms with Crippen molar-refractivity contribution in [3.8, 4) is 0 Å². The van der Waals surface area contributed by atoms with Gasteiger partial charge in [0.15, 0.2) is 0 Å². The molecule has 3 heteroatoms. The van der Waals surface area contributed by atoms with E-state index >= 15 is 0 Å². The molecular formula is C24H48O3. The summed E-state index contributed by atoms with van der Waals surface area (Å²) in [5.74, 6) is -0.126. The second kappa shape index (κ2) is 20.4. The number of hydrogen-bond acceptors (Lipinski definition) is 3. The van der Waals surface area contributed by atoms with Gasteiger partial charge in [0.25, 0.3) is 0 Å². The van der Waals surface area contributed by atoms with E-state index in [4.69, 9.17) is 5.11 Å². The lowest BCUT2D eigenvalue weighted by molar-refractivity contribution is -0.0352. The van der Waals surface area contributed by atoms with Crippen molar-refractivity contribution in [2.75, 3.05) is 6.61 Å². The monoisotopic (exact) mass is 384 g/mol. The lowest BCUT2D eigenvalue weighted by Gasteiger charge is -2.23. The van der Waals surface area contributed by atoms with Gasteiger partial charge in [0.05, 0.1) is 12.7 Å². The van der Waals surface area contributed by atoms with Crippen LogP contribution >= 0.6 is 0 Å². The normalized spacial score (nSPS) is 14.8. The van der Waals surface area contributed by atoms with Gasteiger partial charge >= 0.3 is 0 Å². The summed E-state index contributed by atoms with van der Waals surface area (Å²) in [6.45, 7) is 5.61. The number of aliphatic hydroxyl groups is 3. The van der Waals surface area contributed by atoms with E-state index in [0.29, 0.717) is 0 Å². The first-order chi connectivity index (χ1) is 13.2. The molecule has 0 heterocycles. The van der Waals surface area contributed by atoms with Crippen LogP contribution in [0.1, 0.15) is 116 Å². The molecule has 0 aliphatic rings. The Hall–Kier alpha value is -0.380. The molecule has 0 spiro atoms. The molecular weight excluding hydrogens is 336 g/mol. The largest absolute Gasteiger partial charge is 0.394 e. The van der Waals surface area contributed by atoms with Crippen LogP contribution in [0.4, 0.5) is 0 Å². The van der Waals surface area contributed by atoms with Gasteiger partial charge in [0.1, 0.15) is 6.10 Å². The Labute approximate surface area is 169 Å². The molecule has 27 heavy (non-hydrogen) atoms. The Balaban J connectivity index is 3.32. The highest BCUT2D eigenvalue weighted by Gasteiger charge is 2.22. The van der Waals surface area contributed by atoms with E-state index in [1.165, 1.54) is 96.3 Å². The number of unbranched alkanes of at least 4 members (excludes halogenated alkanes) is 15. The van der Waals surface area contributed by atoms with Crippen LogP contribution in [0, 0.1) is 5.92 Å². The summed E-state index contributed by atoms with van der Waals surface area (Å²) in [5.41, 5.74) is 0. The van der Waals surface area contributed by atoms with Crippen LogP contribution in [0.25, 0.3) is 0 Å². The molecule has 0 aliphatic carbocycles. The molecule has 0 aliphatic heterocycles. The maximum absolute atomic E-state index is 9.92. The van der Waals surface area contributed by atoms with Crippen LogP contribution in [0.5, 0.6) is 0 Å². The zero-order valence-corrected chi connectivity index (χ0v) is 18.1. The van der Waals surface area contributed by atoms with E-state index in [1.807, 2.05) is 0 Å². The Kier molecular flexibility index (Phi) is 20.1. The van der Waals surface area contributed by atoms with Gasteiger partial charge in [-0.15, -0.1) is 6.58 Å². The number of hydrogen-bond donors (Lipinski definition) is 3. The van der Waals surface area contributed by atoms with Crippen molar-refractivity contribution in [3.63, 3.8) is 0 Å². The Morgan fingerprint density at radius 3 is 1.37 bits per heavy atom. The van der Waals surface area contributed by atoms with Crippen LogP contribution in [-0.4, -0.2) is 34.1 Å². The van der Waals surface area contributed by atoms with Crippen molar-refractivity contribution in [2.45, 2.75) is 128 Å². The van der Waals surface area contributed by atoms with E-state index in [0.717, 1.165) is 12.8 Å². The summed E-state index contributed by atoms with van der Waals surface area (Å²) in [4.78, 5) is 0. The molecule has 3 nitrogen and oxygen atoms in total. The van der Waals surface area contributed by atoms with Crippen molar-refractivity contribution in [2.24, 2.45) is 5.92 Å². The predicted octanol–water partition coefficient (Wildman–Crippen LogP) is 6.15. The van der Waals surface area contributed by atoms with Crippen LogP contribution in [-0.2, 0) is 0 Å². The van der Waals surface area contributed by atoms with Crippen LogP contribution < -0.4 is 0 Å². The molecule has 0 aromatic heterocycles. The van der Waals surface area contributed by atoms with E-state index < -0.39 is 18.8 Å². The molecule has 0 saturated heterocycles. The van der Waals surface area contributed by atoms with Gasteiger partial charge in [-0.25, -0.2) is 0 Å². The summed E-state index contributed by atoms with van der Waals surface area (Å²) in [6.07, 6.45) is 22.2. The fourth-order valence-corrected chi connectivity index (χ4v) is 3.75. The molecule has 0 aromatic rings. The van der Waals surface area contributed by atoms with Crippen LogP contribution in [0.3, 0.4) is 0 Å². The average Bonchev–Trinajstić information content (AvgIpc) is 2.69. The third-order valence-corrected chi connectivity index (χ3v) is 5.71. The topological polar surface area (TPSA) is 60.7 Å². The van der Waals surface area contributed by atoms with E-state index in [2.05, 4.69) is 13.5 Å². The van der Waals surface area contributed by atoms with Gasteiger partial charge in [0.2, 0.25) is 0 Å². The molecule has 0 rings (SSSR count). The van der Waals surface area contributed by atoms with Crippen LogP contribution in [0.2, 0.25) is 0 Å². The molecule has 0 aromatic carbocycles. The first-order valence-electron chi connectivity index (χ1n) is 11.8. The van der Waals surface area contributed by atoms with Crippen molar-refractivity contribution in [1.82, 2.24) is 0 Å². The second-order valence-corrected chi connectivity index (χ2v) is 8.23. The zero-order valence-electron chi connectivity index (χ0n) is 18.1. The van der Waals surface area contributed by atoms with Gasteiger partial charge in [-0.2, -0.15) is 0 Å². The summed E-state index contributed by atoms with van der Waals surface area (Å²) in [5, 5.41) is 28.4. The third-order valence-electron chi connectivity index (χ3n) is 5.71. The molecule has 2 unspecified atom stereocenters. The fourth-order valence-electron chi connectivity index (χ4n) is 3.75. The van der Waals surface area contributed by atoms with Crippen molar-refractivity contribution < 1.29 is 15.3 Å². The Morgan fingerprint density at radius 1 is 0.667 bits per heavy atom. The molecule has 0 fully saturated rings. The summed E-state index contributed by atoms with van der Waals surface area (Å²) in [6, 6.07) is 0. The van der Waals surface area contributed by atoms with E-state index in [1.54, 1.807) is 6.08 Å². The van der Waals surface area contributed by atoms with Crippen molar-refractivity contribution in [1.29, 1.82) is 0 Å². The van der Waals surface area contributed by atoms with Gasteiger partial charge < -0.3 is 15.3 Å². The Morgan fingerprint density at radius 2 is 1.04 bits per heavy atom. The molecule has 3 N–H and O–H groups in total. The molecule has 0 bridgehead atoms. The zero-order chi connectivity index (χ0) is 20.2. The van der Waals surface area contributed by atoms with Crippen molar-refractivity contribution >= 4 is 0 Å². The smallest absolute Gasteiger partial charge is 0.103 e. The number of aliphatic hydroxyl groups excluding tert-OH is 3. The molecule has 0 amide bonds. The minimum absolute atomic E-state index is 0.126. The third kappa shape index (κ3) is 16.3. The lowest BCUT2D eigenvalue weighted by Crippen LogP contribution is -2.35. The molecule has 162 valence electrons. The SMILES string of the molecule is C=CC(CCCCCCCCCCCCCCCCCC)C(O)[C@@H](O)CO. The summed E-state index contributed by atoms with van der Waals surface area (Å²) in [7, 11) is 0. The minimum Gasteiger partial charge on any atom is -0.394 e. The molecule has 0 radical (unpaired) electrons. The predicted molar refractivity (Wildman–Crippen MR) is 117 cm³/mol. The van der Waals surface area contributed by atoms with E-state index in [-0.39, 0.29) is 5.92 Å². The highest BCUT2D eigenvalue weighted by Crippen LogP contribution is 2.19. The Bertz CT molecular complexity index is 306. The first-order valence-corrected chi connectivity index (χ1v) is 11.8.